The highest BCUT2D eigenvalue weighted by Crippen LogP contribution is 2.34. The van der Waals surface area contributed by atoms with Crippen LogP contribution in [0.1, 0.15) is 106 Å². The average Bonchev–Trinajstić information content (AvgIpc) is 3.03. The normalized spacial score (nSPS) is 26.0. The van der Waals surface area contributed by atoms with Gasteiger partial charge in [-0.2, -0.15) is 0 Å². The first-order valence-corrected chi connectivity index (χ1v) is 14.2. The second kappa shape index (κ2) is 14.3. The Bertz CT molecular complexity index is 754. The molecule has 2 fully saturated rings. The molecule has 1 saturated carbocycles. The lowest BCUT2D eigenvalue weighted by molar-refractivity contribution is -0.304. The minimum Gasteiger partial charge on any atom is -0.460 e. The van der Waals surface area contributed by atoms with Gasteiger partial charge in [0.1, 0.15) is 12.2 Å². The van der Waals surface area contributed by atoms with Crippen LogP contribution in [0.2, 0.25) is 0 Å². The molecule has 3 amide bonds. The quantitative estimate of drug-likeness (QED) is 0.272. The summed E-state index contributed by atoms with van der Waals surface area (Å²) in [5.74, 6) is -1.13. The second-order valence-corrected chi connectivity index (χ2v) is 12.1. The van der Waals surface area contributed by atoms with E-state index < -0.39 is 17.3 Å². The topological polar surface area (TPSA) is 115 Å². The summed E-state index contributed by atoms with van der Waals surface area (Å²) < 4.78 is 17.4. The van der Waals surface area contributed by atoms with Gasteiger partial charge in [0.15, 0.2) is 5.79 Å². The van der Waals surface area contributed by atoms with E-state index in [1.54, 1.807) is 13.8 Å². The highest BCUT2D eigenvalue weighted by atomic mass is 16.7. The molecule has 1 aliphatic carbocycles. The lowest BCUT2D eigenvalue weighted by atomic mass is 9.85. The molecular weight excluding hydrogens is 474 g/mol. The number of carbonyl (C=O) groups is 3. The first-order valence-electron chi connectivity index (χ1n) is 14.2. The predicted octanol–water partition coefficient (Wildman–Crippen LogP) is 4.43. The summed E-state index contributed by atoms with van der Waals surface area (Å²) in [6.07, 6.45) is 6.58. The first-order chi connectivity index (χ1) is 17.3. The van der Waals surface area contributed by atoms with E-state index in [0.717, 1.165) is 44.9 Å². The van der Waals surface area contributed by atoms with Crippen molar-refractivity contribution in [3.05, 3.63) is 0 Å². The molecule has 0 aromatic heterocycles. The van der Waals surface area contributed by atoms with Crippen molar-refractivity contribution in [2.45, 2.75) is 136 Å². The summed E-state index contributed by atoms with van der Waals surface area (Å²) in [5.41, 5.74) is -0.481. The highest BCUT2D eigenvalue weighted by molar-refractivity contribution is 5.82. The van der Waals surface area contributed by atoms with Gasteiger partial charge in [0.2, 0.25) is 5.91 Å². The van der Waals surface area contributed by atoms with Gasteiger partial charge in [0.25, 0.3) is 0 Å². The number of hydrogen-bond acceptors (Lipinski definition) is 6. The minimum atomic E-state index is -0.838. The Morgan fingerprint density at radius 3 is 2.43 bits per heavy atom. The number of hydrogen-bond donors (Lipinski definition) is 3. The summed E-state index contributed by atoms with van der Waals surface area (Å²) in [6, 6.07) is -0.304. The number of esters is 1. The summed E-state index contributed by atoms with van der Waals surface area (Å²) in [5, 5.41) is 9.03. The number of amides is 3. The molecule has 0 aromatic rings. The van der Waals surface area contributed by atoms with E-state index in [1.165, 1.54) is 0 Å². The first kappa shape index (κ1) is 31.3. The molecule has 0 aromatic carbocycles. The van der Waals surface area contributed by atoms with Gasteiger partial charge in [-0.3, -0.25) is 9.59 Å². The van der Waals surface area contributed by atoms with Crippen LogP contribution in [0.15, 0.2) is 0 Å². The molecule has 1 saturated heterocycles. The number of carbonyl (C=O) groups excluding carboxylic acids is 3. The molecule has 0 spiro atoms. The Kier molecular flexibility index (Phi) is 12.1. The average molecular weight is 526 g/mol. The van der Waals surface area contributed by atoms with E-state index in [0.29, 0.717) is 18.9 Å². The van der Waals surface area contributed by atoms with Gasteiger partial charge in [-0.15, -0.1) is 0 Å². The smallest absolute Gasteiger partial charge is 0.315 e. The van der Waals surface area contributed by atoms with Gasteiger partial charge in [0.05, 0.1) is 19.1 Å². The van der Waals surface area contributed by atoms with Gasteiger partial charge in [-0.25, -0.2) is 4.79 Å². The number of rotatable bonds is 11. The monoisotopic (exact) mass is 525 g/mol. The van der Waals surface area contributed by atoms with E-state index in [2.05, 4.69) is 36.7 Å². The summed E-state index contributed by atoms with van der Waals surface area (Å²) in [7, 11) is 0. The standard InChI is InChI=1S/C28H51N3O6/c1-8-9-13-20(19(2)3)30-26(34)31-21-14-11-10-12-15-22(21)36-23(32)16-17-29-25(33)24-27(4,5)18-35-28(6,7)37-24/h19-22,24H,8-18H2,1-7H3,(H,29,33)(H2,30,31,34). The van der Waals surface area contributed by atoms with E-state index in [9.17, 15) is 14.4 Å². The third kappa shape index (κ3) is 10.4. The molecule has 1 heterocycles. The molecule has 1 aliphatic heterocycles. The van der Waals surface area contributed by atoms with Gasteiger partial charge in [0, 0.05) is 18.0 Å². The lowest BCUT2D eigenvalue weighted by Gasteiger charge is -2.44. The fourth-order valence-electron chi connectivity index (χ4n) is 4.88. The Hall–Kier alpha value is -1.87. The Morgan fingerprint density at radius 1 is 1.05 bits per heavy atom. The fraction of sp³-hybridized carbons (Fsp3) is 0.893. The van der Waals surface area contributed by atoms with Gasteiger partial charge in [-0.05, 0) is 45.4 Å². The zero-order chi connectivity index (χ0) is 27.6. The number of unbranched alkanes of at least 4 members (excludes halogenated alkanes) is 1. The Morgan fingerprint density at radius 2 is 1.76 bits per heavy atom. The van der Waals surface area contributed by atoms with Crippen molar-refractivity contribution in [3.8, 4) is 0 Å². The summed E-state index contributed by atoms with van der Waals surface area (Å²) in [6.45, 7) is 14.3. The van der Waals surface area contributed by atoms with Crippen molar-refractivity contribution >= 4 is 17.9 Å². The molecule has 9 heteroatoms. The molecule has 4 atom stereocenters. The summed E-state index contributed by atoms with van der Waals surface area (Å²) in [4.78, 5) is 38.3. The third-order valence-corrected chi connectivity index (χ3v) is 7.31. The SMILES string of the molecule is CCCCC(NC(=O)NC1CCCCCC1OC(=O)CCNC(=O)C1OC(C)(C)OCC1(C)C)C(C)C. The molecule has 37 heavy (non-hydrogen) atoms. The predicted molar refractivity (Wildman–Crippen MR) is 143 cm³/mol. The van der Waals surface area contributed by atoms with Crippen molar-refractivity contribution < 1.29 is 28.6 Å². The molecule has 0 radical (unpaired) electrons. The number of nitrogens with one attached hydrogen (secondary N) is 3. The van der Waals surface area contributed by atoms with Crippen molar-refractivity contribution in [3.63, 3.8) is 0 Å². The molecule has 2 rings (SSSR count). The lowest BCUT2D eigenvalue weighted by Crippen LogP contribution is -2.56. The fourth-order valence-corrected chi connectivity index (χ4v) is 4.88. The van der Waals surface area contributed by atoms with Crippen LogP contribution in [0, 0.1) is 11.3 Å². The maximum Gasteiger partial charge on any atom is 0.315 e. The Balaban J connectivity index is 1.86. The van der Waals surface area contributed by atoms with E-state index in [4.69, 9.17) is 14.2 Å². The third-order valence-electron chi connectivity index (χ3n) is 7.31. The van der Waals surface area contributed by atoms with Crippen LogP contribution in [0.25, 0.3) is 0 Å². The van der Waals surface area contributed by atoms with Crippen molar-refractivity contribution in [2.75, 3.05) is 13.2 Å². The largest absolute Gasteiger partial charge is 0.460 e. The molecule has 2 aliphatic rings. The molecule has 4 unspecified atom stereocenters. The van der Waals surface area contributed by atoms with E-state index in [-0.39, 0.29) is 49.1 Å². The highest BCUT2D eigenvalue weighted by Gasteiger charge is 2.45. The number of urea groups is 1. The van der Waals surface area contributed by atoms with Gasteiger partial charge < -0.3 is 30.2 Å². The van der Waals surface area contributed by atoms with Crippen LogP contribution in [-0.4, -0.2) is 61.1 Å². The van der Waals surface area contributed by atoms with E-state index >= 15 is 0 Å². The van der Waals surface area contributed by atoms with Crippen LogP contribution in [0.3, 0.4) is 0 Å². The zero-order valence-electron chi connectivity index (χ0n) is 24.1. The van der Waals surface area contributed by atoms with E-state index in [1.807, 2.05) is 13.8 Å². The second-order valence-electron chi connectivity index (χ2n) is 12.1. The maximum absolute atomic E-state index is 12.8. The number of ether oxygens (including phenoxy) is 3. The molecule has 9 nitrogen and oxygen atoms in total. The van der Waals surface area contributed by atoms with Crippen LogP contribution < -0.4 is 16.0 Å². The van der Waals surface area contributed by atoms with Gasteiger partial charge in [-0.1, -0.05) is 60.3 Å². The minimum absolute atomic E-state index is 0.0562. The van der Waals surface area contributed by atoms with Crippen LogP contribution in [-0.2, 0) is 23.8 Å². The van der Waals surface area contributed by atoms with Gasteiger partial charge >= 0.3 is 12.0 Å². The molecule has 3 N–H and O–H groups in total. The maximum atomic E-state index is 12.8. The molecule has 214 valence electrons. The van der Waals surface area contributed by atoms with Crippen LogP contribution >= 0.6 is 0 Å². The van der Waals surface area contributed by atoms with Crippen molar-refractivity contribution in [1.29, 1.82) is 0 Å². The molecule has 0 bridgehead atoms. The summed E-state index contributed by atoms with van der Waals surface area (Å²) >= 11 is 0. The van der Waals surface area contributed by atoms with Crippen molar-refractivity contribution in [2.24, 2.45) is 11.3 Å². The Labute approximate surface area is 223 Å². The zero-order valence-corrected chi connectivity index (χ0v) is 24.1. The van der Waals surface area contributed by atoms with Crippen LogP contribution in [0.5, 0.6) is 0 Å². The van der Waals surface area contributed by atoms with Crippen LogP contribution in [0.4, 0.5) is 4.79 Å². The molecular formula is C28H51N3O6. The van der Waals surface area contributed by atoms with Crippen molar-refractivity contribution in [1.82, 2.24) is 16.0 Å².